The molecule has 1 heterocycles. The molecule has 0 spiro atoms. The number of benzene rings is 1. The molecule has 1 saturated heterocycles. The van der Waals surface area contributed by atoms with Crippen LogP contribution in [0.4, 0.5) is 4.79 Å². The van der Waals surface area contributed by atoms with Gasteiger partial charge in [0, 0.05) is 46.4 Å². The lowest BCUT2D eigenvalue weighted by Crippen LogP contribution is -2.60. The molecular formula is C37H60N4O8. The van der Waals surface area contributed by atoms with E-state index in [1.54, 1.807) is 32.6 Å². The van der Waals surface area contributed by atoms with E-state index in [-0.39, 0.29) is 30.6 Å². The number of carbonyl (C=O) groups is 4. The topological polar surface area (TPSA) is 147 Å². The van der Waals surface area contributed by atoms with Gasteiger partial charge >= 0.3 is 6.09 Å². The molecule has 3 rings (SSSR count). The Morgan fingerprint density at radius 2 is 1.69 bits per heavy atom. The number of ether oxygens (including phenoxy) is 3. The Bertz CT molecular complexity index is 1260. The number of amides is 4. The van der Waals surface area contributed by atoms with E-state index in [0.717, 1.165) is 36.8 Å². The van der Waals surface area contributed by atoms with Crippen LogP contribution in [0.5, 0.6) is 0 Å². The SMILES string of the molecule is C[C@@H](C(=O)N[C@H](C(=O)N1CCC[C@H]1C(=O)N[C@H]1c2ccccc2C[C@H]1OCCCOCCCCCO)C(C)(C)C)N(C)C(=O)OC(C)(C)C. The van der Waals surface area contributed by atoms with Crippen LogP contribution in [0.2, 0.25) is 0 Å². The van der Waals surface area contributed by atoms with Crippen molar-refractivity contribution in [3.8, 4) is 0 Å². The van der Waals surface area contributed by atoms with Crippen LogP contribution in [0, 0.1) is 5.41 Å². The van der Waals surface area contributed by atoms with Gasteiger partial charge in [-0.15, -0.1) is 0 Å². The molecule has 2 aliphatic rings. The zero-order valence-corrected chi connectivity index (χ0v) is 30.9. The van der Waals surface area contributed by atoms with E-state index in [1.807, 2.05) is 39.0 Å². The van der Waals surface area contributed by atoms with E-state index < -0.39 is 41.1 Å². The van der Waals surface area contributed by atoms with Gasteiger partial charge in [-0.3, -0.25) is 19.3 Å². The summed E-state index contributed by atoms with van der Waals surface area (Å²) in [4.78, 5) is 56.9. The third-order valence-electron chi connectivity index (χ3n) is 9.07. The average Bonchev–Trinajstić information content (AvgIpc) is 3.66. The smallest absolute Gasteiger partial charge is 0.410 e. The first-order chi connectivity index (χ1) is 23.0. The average molecular weight is 689 g/mol. The maximum Gasteiger partial charge on any atom is 0.410 e. The maximum absolute atomic E-state index is 14.1. The van der Waals surface area contributed by atoms with Gasteiger partial charge in [-0.05, 0) is 82.8 Å². The lowest BCUT2D eigenvalue weighted by molar-refractivity contribution is -0.144. The van der Waals surface area contributed by atoms with E-state index in [9.17, 15) is 19.2 Å². The van der Waals surface area contributed by atoms with Crippen LogP contribution in [-0.4, -0.2) is 109 Å². The number of nitrogens with one attached hydrogen (secondary N) is 2. The first kappa shape index (κ1) is 40.2. The van der Waals surface area contributed by atoms with Crippen molar-refractivity contribution in [2.75, 3.05) is 40.0 Å². The second-order valence-corrected chi connectivity index (χ2v) is 15.3. The molecule has 0 saturated carbocycles. The molecule has 12 heteroatoms. The quantitative estimate of drug-likeness (QED) is 0.220. The number of rotatable bonds is 16. The first-order valence-corrected chi connectivity index (χ1v) is 17.8. The Morgan fingerprint density at radius 3 is 2.37 bits per heavy atom. The van der Waals surface area contributed by atoms with Gasteiger partial charge in [0.25, 0.3) is 0 Å². The third-order valence-corrected chi connectivity index (χ3v) is 9.07. The van der Waals surface area contributed by atoms with Gasteiger partial charge in [0.2, 0.25) is 17.7 Å². The van der Waals surface area contributed by atoms with Crippen LogP contribution in [0.25, 0.3) is 0 Å². The highest BCUT2D eigenvalue weighted by atomic mass is 16.6. The minimum absolute atomic E-state index is 0.204. The zero-order valence-electron chi connectivity index (χ0n) is 30.9. The fourth-order valence-corrected chi connectivity index (χ4v) is 6.17. The Morgan fingerprint density at radius 1 is 1.00 bits per heavy atom. The van der Waals surface area contributed by atoms with Crippen LogP contribution < -0.4 is 10.6 Å². The fraction of sp³-hybridized carbons (Fsp3) is 0.730. The summed E-state index contributed by atoms with van der Waals surface area (Å²) in [5.41, 5.74) is 0.741. The molecule has 1 aromatic rings. The predicted molar refractivity (Wildman–Crippen MR) is 187 cm³/mol. The summed E-state index contributed by atoms with van der Waals surface area (Å²) < 4.78 is 17.4. The Hall–Kier alpha value is -3.22. The summed E-state index contributed by atoms with van der Waals surface area (Å²) in [7, 11) is 1.49. The summed E-state index contributed by atoms with van der Waals surface area (Å²) in [6, 6.07) is 5.12. The second-order valence-electron chi connectivity index (χ2n) is 15.3. The lowest BCUT2D eigenvalue weighted by Gasteiger charge is -2.37. The summed E-state index contributed by atoms with van der Waals surface area (Å²) in [6.07, 6.45) is 4.33. The van der Waals surface area contributed by atoms with E-state index >= 15 is 0 Å². The number of unbranched alkanes of at least 4 members (excludes halogenated alkanes) is 2. The van der Waals surface area contributed by atoms with Crippen LogP contribution in [0.1, 0.15) is 104 Å². The zero-order chi connectivity index (χ0) is 36.4. The number of fused-ring (bicyclic) bond motifs is 1. The van der Waals surface area contributed by atoms with Gasteiger partial charge in [0.15, 0.2) is 0 Å². The summed E-state index contributed by atoms with van der Waals surface area (Å²) >= 11 is 0. The molecule has 0 unspecified atom stereocenters. The lowest BCUT2D eigenvalue weighted by atomic mass is 9.85. The summed E-state index contributed by atoms with van der Waals surface area (Å²) in [5, 5.41) is 15.0. The number of hydrogen-bond acceptors (Lipinski definition) is 8. The third kappa shape index (κ3) is 11.7. The van der Waals surface area contributed by atoms with Crippen molar-refractivity contribution < 1.29 is 38.5 Å². The number of nitrogens with zero attached hydrogens (tertiary/aromatic N) is 2. The molecule has 1 aliphatic carbocycles. The minimum atomic E-state index is -0.928. The van der Waals surface area contributed by atoms with Gasteiger partial charge in [0.05, 0.1) is 12.1 Å². The molecule has 276 valence electrons. The van der Waals surface area contributed by atoms with E-state index in [4.69, 9.17) is 19.3 Å². The van der Waals surface area contributed by atoms with Crippen LogP contribution >= 0.6 is 0 Å². The molecule has 0 radical (unpaired) electrons. The molecule has 3 N–H and O–H groups in total. The van der Waals surface area contributed by atoms with Crippen molar-refractivity contribution in [2.45, 2.75) is 129 Å². The Kier molecular flexibility index (Phi) is 14.9. The first-order valence-electron chi connectivity index (χ1n) is 17.8. The Labute approximate surface area is 292 Å². The number of hydrogen-bond donors (Lipinski definition) is 3. The van der Waals surface area contributed by atoms with Crippen LogP contribution in [-0.2, 0) is 35.0 Å². The monoisotopic (exact) mass is 688 g/mol. The van der Waals surface area contributed by atoms with Crippen molar-refractivity contribution in [3.63, 3.8) is 0 Å². The normalized spacial score (nSPS) is 20.3. The van der Waals surface area contributed by atoms with Crippen molar-refractivity contribution in [2.24, 2.45) is 5.41 Å². The van der Waals surface area contributed by atoms with E-state index in [0.29, 0.717) is 45.6 Å². The van der Waals surface area contributed by atoms with Gasteiger partial charge in [0.1, 0.15) is 23.7 Å². The second kappa shape index (κ2) is 18.1. The predicted octanol–water partition coefficient (Wildman–Crippen LogP) is 4.13. The van der Waals surface area contributed by atoms with Crippen molar-refractivity contribution >= 4 is 23.8 Å². The molecule has 0 aromatic heterocycles. The van der Waals surface area contributed by atoms with Crippen molar-refractivity contribution in [3.05, 3.63) is 35.4 Å². The van der Waals surface area contributed by atoms with Crippen molar-refractivity contribution in [1.82, 2.24) is 20.4 Å². The molecule has 5 atom stereocenters. The summed E-state index contributed by atoms with van der Waals surface area (Å²) in [5.74, 6) is -1.07. The van der Waals surface area contributed by atoms with Gasteiger partial charge in [-0.1, -0.05) is 45.0 Å². The molecule has 4 amide bonds. The maximum atomic E-state index is 14.1. The molecule has 1 fully saturated rings. The highest BCUT2D eigenvalue weighted by Crippen LogP contribution is 2.34. The Balaban J connectivity index is 1.65. The van der Waals surface area contributed by atoms with Crippen LogP contribution in [0.3, 0.4) is 0 Å². The number of likely N-dealkylation sites (N-methyl/N-ethyl adjacent to an activating group) is 1. The molecule has 1 aromatic carbocycles. The van der Waals surface area contributed by atoms with E-state index in [2.05, 4.69) is 16.7 Å². The fourth-order valence-electron chi connectivity index (χ4n) is 6.17. The summed E-state index contributed by atoms with van der Waals surface area (Å²) in [6.45, 7) is 14.8. The highest BCUT2D eigenvalue weighted by molar-refractivity contribution is 5.94. The molecule has 1 aliphatic heterocycles. The standard InChI is InChI=1S/C37H60N4O8/c1-25(40(8)35(46)49-37(5,6)7)32(43)39-31(36(2,3)4)34(45)41-19-14-18-28(41)33(44)38-30-27-17-11-10-16-26(27)24-29(30)48-23-15-22-47-21-13-9-12-20-42/h10-11,16-17,25,28-31,42H,9,12-15,18-24H2,1-8H3,(H,38,44)(H,39,43)/t25-,28-,29+,30-,31+/m0/s1. The highest BCUT2D eigenvalue weighted by Gasteiger charge is 2.44. The van der Waals surface area contributed by atoms with Gasteiger partial charge in [-0.25, -0.2) is 4.79 Å². The molecule has 12 nitrogen and oxygen atoms in total. The molecule has 0 bridgehead atoms. The van der Waals surface area contributed by atoms with E-state index in [1.165, 1.54) is 11.9 Å². The number of carbonyl (C=O) groups excluding carboxylic acids is 4. The number of likely N-dealkylation sites (tertiary alicyclic amines) is 1. The number of aliphatic hydroxyl groups is 1. The van der Waals surface area contributed by atoms with Gasteiger partial charge in [-0.2, -0.15) is 0 Å². The number of aliphatic hydroxyl groups excluding tert-OH is 1. The molecule has 49 heavy (non-hydrogen) atoms. The largest absolute Gasteiger partial charge is 0.444 e. The van der Waals surface area contributed by atoms with Crippen molar-refractivity contribution in [1.29, 1.82) is 0 Å². The minimum Gasteiger partial charge on any atom is -0.444 e. The molecular weight excluding hydrogens is 628 g/mol. The van der Waals surface area contributed by atoms with Crippen LogP contribution in [0.15, 0.2) is 24.3 Å². The van der Waals surface area contributed by atoms with Gasteiger partial charge < -0.3 is 34.9 Å².